The molecule has 0 atom stereocenters. The molecule has 144 valence electrons. The van der Waals surface area contributed by atoms with Gasteiger partial charge in [0, 0.05) is 19.3 Å². The Bertz CT molecular complexity index is 1010. The summed E-state index contributed by atoms with van der Waals surface area (Å²) < 4.78 is 26.6. The number of hydrogen-bond acceptors (Lipinski definition) is 6. The molecular formula is C21H21N3O3S. The van der Waals surface area contributed by atoms with Gasteiger partial charge in [-0.15, -0.1) is 0 Å². The van der Waals surface area contributed by atoms with Gasteiger partial charge in [0.2, 0.25) is 0 Å². The van der Waals surface area contributed by atoms with E-state index < -0.39 is 10.1 Å². The van der Waals surface area contributed by atoms with Crippen molar-refractivity contribution in [1.29, 1.82) is 10.5 Å². The second-order valence-corrected chi connectivity index (χ2v) is 7.90. The van der Waals surface area contributed by atoms with E-state index in [0.29, 0.717) is 24.1 Å². The molecule has 0 saturated heterocycles. The van der Waals surface area contributed by atoms with Crippen LogP contribution in [0.1, 0.15) is 23.1 Å². The monoisotopic (exact) mass is 395 g/mol. The Morgan fingerprint density at radius 1 is 1.11 bits per heavy atom. The number of nitriles is 2. The first kappa shape index (κ1) is 21.2. The molecule has 6 nitrogen and oxygen atoms in total. The first-order chi connectivity index (χ1) is 13.3. The Morgan fingerprint density at radius 3 is 2.29 bits per heavy atom. The summed E-state index contributed by atoms with van der Waals surface area (Å²) in [5.41, 5.74) is 3.69. The summed E-state index contributed by atoms with van der Waals surface area (Å²) in [7, 11) is -1.48. The standard InChI is InChI=1S/C21H21N3O3S/c1-24(12-3-13-27-28(2,25)26)21-10-6-17(7-11-21)14-20(16-23)19-8-4-18(15-22)5-9-19/h4-11,14H,3,12-13H2,1-2H3/b20-14+. The minimum absolute atomic E-state index is 0.153. The summed E-state index contributed by atoms with van der Waals surface area (Å²) in [5.74, 6) is 0. The fraction of sp³-hybridized carbons (Fsp3) is 0.238. The van der Waals surface area contributed by atoms with Crippen molar-refractivity contribution in [2.24, 2.45) is 0 Å². The van der Waals surface area contributed by atoms with Gasteiger partial charge >= 0.3 is 0 Å². The van der Waals surface area contributed by atoms with Crippen molar-refractivity contribution >= 4 is 27.5 Å². The highest BCUT2D eigenvalue weighted by molar-refractivity contribution is 7.85. The summed E-state index contributed by atoms with van der Waals surface area (Å²) in [6, 6.07) is 18.9. The van der Waals surface area contributed by atoms with Crippen molar-refractivity contribution in [2.45, 2.75) is 6.42 Å². The molecule has 0 radical (unpaired) electrons. The van der Waals surface area contributed by atoms with Crippen molar-refractivity contribution in [3.05, 3.63) is 65.2 Å². The Balaban J connectivity index is 2.03. The molecular weight excluding hydrogens is 374 g/mol. The fourth-order valence-corrected chi connectivity index (χ4v) is 2.96. The van der Waals surface area contributed by atoms with Crippen molar-refractivity contribution < 1.29 is 12.6 Å². The topological polar surface area (TPSA) is 94.2 Å². The summed E-state index contributed by atoms with van der Waals surface area (Å²) in [6.07, 6.45) is 3.42. The van der Waals surface area contributed by atoms with Crippen LogP contribution >= 0.6 is 0 Å². The zero-order valence-corrected chi connectivity index (χ0v) is 16.6. The Kier molecular flexibility index (Phi) is 7.34. The van der Waals surface area contributed by atoms with E-state index in [1.54, 1.807) is 30.3 Å². The number of anilines is 1. The molecule has 2 aromatic rings. The van der Waals surface area contributed by atoms with Crippen LogP contribution in [0.4, 0.5) is 5.69 Å². The summed E-state index contributed by atoms with van der Waals surface area (Å²) in [6.45, 7) is 0.805. The van der Waals surface area contributed by atoms with Crippen LogP contribution in [-0.4, -0.2) is 34.9 Å². The molecule has 0 aliphatic carbocycles. The number of rotatable bonds is 8. The number of benzene rings is 2. The molecule has 0 fully saturated rings. The molecule has 0 heterocycles. The van der Waals surface area contributed by atoms with Gasteiger partial charge in [0.25, 0.3) is 10.1 Å². The zero-order valence-electron chi connectivity index (χ0n) is 15.8. The maximum absolute atomic E-state index is 11.0. The first-order valence-corrected chi connectivity index (χ1v) is 10.4. The van der Waals surface area contributed by atoms with Gasteiger partial charge in [-0.25, -0.2) is 0 Å². The van der Waals surface area contributed by atoms with Crippen LogP contribution in [0, 0.1) is 22.7 Å². The molecule has 7 heteroatoms. The van der Waals surface area contributed by atoms with E-state index >= 15 is 0 Å². The second-order valence-electron chi connectivity index (χ2n) is 6.25. The molecule has 0 aliphatic heterocycles. The van der Waals surface area contributed by atoms with E-state index in [0.717, 1.165) is 23.1 Å². The summed E-state index contributed by atoms with van der Waals surface area (Å²) >= 11 is 0. The minimum Gasteiger partial charge on any atom is -0.375 e. The van der Waals surface area contributed by atoms with Crippen molar-refractivity contribution in [1.82, 2.24) is 0 Å². The molecule has 0 aliphatic rings. The minimum atomic E-state index is -3.40. The average Bonchev–Trinajstić information content (AvgIpc) is 2.69. The predicted octanol–water partition coefficient (Wildman–Crippen LogP) is 3.42. The Labute approximate surface area is 166 Å². The first-order valence-electron chi connectivity index (χ1n) is 8.60. The van der Waals surface area contributed by atoms with Gasteiger partial charge in [-0.05, 0) is 47.9 Å². The molecule has 0 saturated carbocycles. The van der Waals surface area contributed by atoms with Crippen LogP contribution in [0.25, 0.3) is 11.6 Å². The molecule has 0 aromatic heterocycles. The van der Waals surface area contributed by atoms with E-state index in [2.05, 4.69) is 12.1 Å². The summed E-state index contributed by atoms with van der Waals surface area (Å²) in [4.78, 5) is 2.00. The lowest BCUT2D eigenvalue weighted by atomic mass is 10.0. The lowest BCUT2D eigenvalue weighted by molar-refractivity contribution is 0.317. The Hall–Kier alpha value is -3.13. The Morgan fingerprint density at radius 2 is 1.75 bits per heavy atom. The van der Waals surface area contributed by atoms with Crippen LogP contribution in [0.3, 0.4) is 0 Å². The van der Waals surface area contributed by atoms with Crippen molar-refractivity contribution in [3.8, 4) is 12.1 Å². The molecule has 0 spiro atoms. The highest BCUT2D eigenvalue weighted by atomic mass is 32.2. The molecule has 0 bridgehead atoms. The number of nitrogens with zero attached hydrogens (tertiary/aromatic N) is 3. The third kappa shape index (κ3) is 6.55. The maximum atomic E-state index is 11.0. The van der Waals surface area contributed by atoms with Crippen LogP contribution in [0.2, 0.25) is 0 Å². The van der Waals surface area contributed by atoms with Gasteiger partial charge in [0.15, 0.2) is 0 Å². The van der Waals surface area contributed by atoms with Gasteiger partial charge in [-0.3, -0.25) is 4.18 Å². The van der Waals surface area contributed by atoms with Crippen LogP contribution in [0.5, 0.6) is 0 Å². The van der Waals surface area contributed by atoms with Gasteiger partial charge < -0.3 is 4.90 Å². The van der Waals surface area contributed by atoms with E-state index in [-0.39, 0.29) is 6.61 Å². The second kappa shape index (κ2) is 9.70. The average molecular weight is 395 g/mol. The van der Waals surface area contributed by atoms with Gasteiger partial charge in [0.1, 0.15) is 0 Å². The molecule has 0 amide bonds. The van der Waals surface area contributed by atoms with E-state index in [1.165, 1.54) is 0 Å². The lowest BCUT2D eigenvalue weighted by Gasteiger charge is -2.19. The molecule has 0 unspecified atom stereocenters. The van der Waals surface area contributed by atoms with Crippen molar-refractivity contribution in [2.75, 3.05) is 31.4 Å². The lowest BCUT2D eigenvalue weighted by Crippen LogP contribution is -2.20. The molecule has 2 aromatic carbocycles. The normalized spacial score (nSPS) is 11.5. The van der Waals surface area contributed by atoms with Gasteiger partial charge in [-0.1, -0.05) is 24.3 Å². The molecule has 2 rings (SSSR count). The van der Waals surface area contributed by atoms with Gasteiger partial charge in [-0.2, -0.15) is 18.9 Å². The van der Waals surface area contributed by atoms with Crippen molar-refractivity contribution in [3.63, 3.8) is 0 Å². The summed E-state index contributed by atoms with van der Waals surface area (Å²) in [5, 5.41) is 18.3. The largest absolute Gasteiger partial charge is 0.375 e. The third-order valence-electron chi connectivity index (χ3n) is 4.03. The van der Waals surface area contributed by atoms with Crippen LogP contribution in [-0.2, 0) is 14.3 Å². The SMILES string of the molecule is CN(CCCOS(C)(=O)=O)c1ccc(/C=C(\C#N)c2ccc(C#N)cc2)cc1. The fourth-order valence-electron chi connectivity index (χ4n) is 2.54. The smallest absolute Gasteiger partial charge is 0.264 e. The highest BCUT2D eigenvalue weighted by Crippen LogP contribution is 2.20. The predicted molar refractivity (Wildman–Crippen MR) is 110 cm³/mol. The maximum Gasteiger partial charge on any atom is 0.264 e. The van der Waals surface area contributed by atoms with E-state index in [9.17, 15) is 13.7 Å². The number of allylic oxidation sites excluding steroid dienone is 1. The van der Waals surface area contributed by atoms with E-state index in [1.807, 2.05) is 36.2 Å². The quantitative estimate of drug-likeness (QED) is 0.294. The van der Waals surface area contributed by atoms with Crippen LogP contribution < -0.4 is 4.90 Å². The zero-order chi connectivity index (χ0) is 20.6. The third-order valence-corrected chi connectivity index (χ3v) is 4.62. The number of hydrogen-bond donors (Lipinski definition) is 0. The van der Waals surface area contributed by atoms with Gasteiger partial charge in [0.05, 0.1) is 36.1 Å². The molecule has 0 N–H and O–H groups in total. The van der Waals surface area contributed by atoms with E-state index in [4.69, 9.17) is 9.44 Å². The highest BCUT2D eigenvalue weighted by Gasteiger charge is 2.05. The van der Waals surface area contributed by atoms with Crippen LogP contribution in [0.15, 0.2) is 48.5 Å². The molecule has 28 heavy (non-hydrogen) atoms.